The Morgan fingerprint density at radius 1 is 1.26 bits per heavy atom. The zero-order valence-electron chi connectivity index (χ0n) is 14.3. The molecule has 5 nitrogen and oxygen atoms in total. The predicted molar refractivity (Wildman–Crippen MR) is 95.2 cm³/mol. The van der Waals surface area contributed by atoms with Crippen LogP contribution in [0.1, 0.15) is 22.6 Å². The molecule has 0 radical (unpaired) electrons. The summed E-state index contributed by atoms with van der Waals surface area (Å²) in [6.07, 6.45) is -4.65. The molecule has 3 aromatic rings. The van der Waals surface area contributed by atoms with E-state index in [1.165, 1.54) is 11.5 Å². The van der Waals surface area contributed by atoms with Gasteiger partial charge in [-0.1, -0.05) is 23.9 Å². The van der Waals surface area contributed by atoms with E-state index in [2.05, 4.69) is 9.97 Å². The molecule has 0 saturated heterocycles. The van der Waals surface area contributed by atoms with Crippen LogP contribution >= 0.6 is 11.8 Å². The number of nitriles is 1. The number of nitrogens with zero attached hydrogens (tertiary/aromatic N) is 4. The second-order valence-electron chi connectivity index (χ2n) is 5.80. The van der Waals surface area contributed by atoms with Crippen LogP contribution in [-0.4, -0.2) is 14.5 Å². The maximum atomic E-state index is 13.2. The van der Waals surface area contributed by atoms with Gasteiger partial charge in [-0.05, 0) is 25.1 Å². The molecule has 0 aliphatic rings. The fraction of sp³-hybridized carbons (Fsp3) is 0.222. The number of hydrogen-bond donors (Lipinski definition) is 0. The van der Waals surface area contributed by atoms with E-state index in [1.807, 2.05) is 0 Å². The van der Waals surface area contributed by atoms with Crippen molar-refractivity contribution in [2.75, 3.05) is 0 Å². The van der Waals surface area contributed by atoms with Crippen molar-refractivity contribution in [2.24, 2.45) is 7.05 Å². The Labute approximate surface area is 156 Å². The van der Waals surface area contributed by atoms with Crippen LogP contribution in [0.5, 0.6) is 0 Å². The maximum Gasteiger partial charge on any atom is 0.417 e. The highest BCUT2D eigenvalue weighted by Gasteiger charge is 2.35. The number of pyridine rings is 1. The number of hydrogen-bond acceptors (Lipinski definition) is 5. The van der Waals surface area contributed by atoms with Crippen molar-refractivity contribution in [1.29, 1.82) is 5.26 Å². The molecule has 0 aliphatic heterocycles. The number of para-hydroxylation sites is 1. The first-order valence-corrected chi connectivity index (χ1v) is 8.77. The van der Waals surface area contributed by atoms with Crippen molar-refractivity contribution >= 4 is 22.7 Å². The van der Waals surface area contributed by atoms with E-state index in [4.69, 9.17) is 0 Å². The summed E-state index contributed by atoms with van der Waals surface area (Å²) in [6, 6.07) is 9.28. The van der Waals surface area contributed by atoms with Gasteiger partial charge in [-0.15, -0.1) is 0 Å². The van der Waals surface area contributed by atoms with Crippen LogP contribution in [0.2, 0.25) is 0 Å². The smallest absolute Gasteiger partial charge is 0.299 e. The van der Waals surface area contributed by atoms with Crippen LogP contribution in [0.3, 0.4) is 0 Å². The zero-order valence-corrected chi connectivity index (χ0v) is 15.1. The van der Waals surface area contributed by atoms with Crippen molar-refractivity contribution in [3.8, 4) is 6.07 Å². The Bertz CT molecular complexity index is 1130. The molecule has 3 rings (SSSR count). The van der Waals surface area contributed by atoms with Gasteiger partial charge in [-0.2, -0.15) is 18.4 Å². The third-order valence-electron chi connectivity index (χ3n) is 3.95. The van der Waals surface area contributed by atoms with Gasteiger partial charge in [-0.3, -0.25) is 9.36 Å². The molecule has 0 atom stereocenters. The predicted octanol–water partition coefficient (Wildman–Crippen LogP) is 3.82. The number of benzene rings is 1. The molecule has 0 bridgehead atoms. The van der Waals surface area contributed by atoms with Crippen molar-refractivity contribution < 1.29 is 13.2 Å². The summed E-state index contributed by atoms with van der Waals surface area (Å²) in [5.41, 5.74) is -1.12. The third kappa shape index (κ3) is 3.66. The van der Waals surface area contributed by atoms with E-state index in [1.54, 1.807) is 37.4 Å². The quantitative estimate of drug-likeness (QED) is 0.636. The van der Waals surface area contributed by atoms with Gasteiger partial charge < -0.3 is 0 Å². The first-order chi connectivity index (χ1) is 12.7. The average molecular weight is 390 g/mol. The van der Waals surface area contributed by atoms with Gasteiger partial charge in [0, 0.05) is 12.7 Å². The molecule has 0 saturated carbocycles. The molecule has 0 fully saturated rings. The van der Waals surface area contributed by atoms with Crippen molar-refractivity contribution in [3.63, 3.8) is 0 Å². The van der Waals surface area contributed by atoms with E-state index < -0.39 is 17.3 Å². The minimum atomic E-state index is -4.65. The maximum absolute atomic E-state index is 13.2. The van der Waals surface area contributed by atoms with Gasteiger partial charge in [0.15, 0.2) is 0 Å². The summed E-state index contributed by atoms with van der Waals surface area (Å²) in [6.45, 7) is 1.43. The summed E-state index contributed by atoms with van der Waals surface area (Å²) in [5, 5.41) is 9.64. The summed E-state index contributed by atoms with van der Waals surface area (Å²) in [4.78, 5) is 20.9. The highest BCUT2D eigenvalue weighted by atomic mass is 32.2. The molecule has 1 aromatic carbocycles. The van der Waals surface area contributed by atoms with Gasteiger partial charge in [0.25, 0.3) is 5.56 Å². The van der Waals surface area contributed by atoms with Gasteiger partial charge in [-0.25, -0.2) is 9.97 Å². The fourth-order valence-corrected chi connectivity index (χ4v) is 3.64. The van der Waals surface area contributed by atoms with Crippen LogP contribution in [-0.2, 0) is 19.0 Å². The second kappa shape index (κ2) is 7.04. The van der Waals surface area contributed by atoms with E-state index in [0.29, 0.717) is 16.7 Å². The molecule has 0 N–H and O–H groups in total. The Morgan fingerprint density at radius 3 is 2.63 bits per heavy atom. The Hall–Kier alpha value is -2.86. The first kappa shape index (κ1) is 18.9. The summed E-state index contributed by atoms with van der Waals surface area (Å²) < 4.78 is 41.0. The van der Waals surface area contributed by atoms with Gasteiger partial charge in [0.05, 0.1) is 27.8 Å². The highest BCUT2D eigenvalue weighted by Crippen LogP contribution is 2.36. The SMILES string of the molecule is Cc1cc(C(F)(F)F)c(C#N)c(SCc2nc3ccccc3c(=O)n2C)n1. The molecular weight excluding hydrogens is 377 g/mol. The zero-order chi connectivity index (χ0) is 19.8. The van der Waals surface area contributed by atoms with E-state index >= 15 is 0 Å². The Kier molecular flexibility index (Phi) is 4.93. The minimum absolute atomic E-state index is 0.0350. The summed E-state index contributed by atoms with van der Waals surface area (Å²) in [7, 11) is 1.55. The van der Waals surface area contributed by atoms with Crippen molar-refractivity contribution in [1.82, 2.24) is 14.5 Å². The summed E-state index contributed by atoms with van der Waals surface area (Å²) in [5.74, 6) is 0.475. The topological polar surface area (TPSA) is 71.6 Å². The lowest BCUT2D eigenvalue weighted by Gasteiger charge is -2.13. The van der Waals surface area contributed by atoms with Crippen molar-refractivity contribution in [3.05, 3.63) is 63.3 Å². The molecule has 0 aliphatic carbocycles. The van der Waals surface area contributed by atoms with E-state index in [9.17, 15) is 23.2 Å². The first-order valence-electron chi connectivity index (χ1n) is 7.78. The second-order valence-corrected chi connectivity index (χ2v) is 6.76. The van der Waals surface area contributed by atoms with E-state index in [-0.39, 0.29) is 22.0 Å². The molecule has 2 heterocycles. The number of aromatic nitrogens is 3. The number of aryl methyl sites for hydroxylation is 1. The highest BCUT2D eigenvalue weighted by molar-refractivity contribution is 7.98. The van der Waals surface area contributed by atoms with Crippen molar-refractivity contribution in [2.45, 2.75) is 23.9 Å². The average Bonchev–Trinajstić information content (AvgIpc) is 2.62. The molecular formula is C18H13F3N4OS. The third-order valence-corrected chi connectivity index (χ3v) is 4.92. The fourth-order valence-electron chi connectivity index (χ4n) is 2.61. The lowest BCUT2D eigenvalue weighted by Crippen LogP contribution is -2.22. The molecule has 27 heavy (non-hydrogen) atoms. The van der Waals surface area contributed by atoms with Crippen LogP contribution in [0.4, 0.5) is 13.2 Å². The normalized spacial score (nSPS) is 11.6. The molecule has 9 heteroatoms. The Balaban J connectivity index is 2.02. The number of alkyl halides is 3. The molecule has 0 unspecified atom stereocenters. The van der Waals surface area contributed by atoms with E-state index in [0.717, 1.165) is 17.8 Å². The molecule has 0 spiro atoms. The monoisotopic (exact) mass is 390 g/mol. The number of rotatable bonds is 3. The molecule has 0 amide bonds. The van der Waals surface area contributed by atoms with Gasteiger partial charge >= 0.3 is 6.18 Å². The molecule has 2 aromatic heterocycles. The lowest BCUT2D eigenvalue weighted by molar-refractivity contribution is -0.138. The van der Waals surface area contributed by atoms with Gasteiger partial charge in [0.2, 0.25) is 0 Å². The van der Waals surface area contributed by atoms with Crippen LogP contribution in [0.25, 0.3) is 10.9 Å². The van der Waals surface area contributed by atoms with Gasteiger partial charge in [0.1, 0.15) is 16.9 Å². The minimum Gasteiger partial charge on any atom is -0.299 e. The van der Waals surface area contributed by atoms with Crippen LogP contribution in [0, 0.1) is 18.3 Å². The number of halogens is 3. The number of thioether (sulfide) groups is 1. The van der Waals surface area contributed by atoms with Crippen LogP contribution in [0.15, 0.2) is 40.2 Å². The standard InChI is InChI=1S/C18H13F3N4OS/c1-10-7-13(18(19,20)21)12(8-22)16(23-10)27-9-15-24-14-6-4-3-5-11(14)17(26)25(15)2/h3-7H,9H2,1-2H3. The largest absolute Gasteiger partial charge is 0.417 e. The Morgan fingerprint density at radius 2 is 1.96 bits per heavy atom. The number of fused-ring (bicyclic) bond motifs is 1. The molecule has 138 valence electrons. The van der Waals surface area contributed by atoms with Crippen LogP contribution < -0.4 is 5.56 Å². The summed E-state index contributed by atoms with van der Waals surface area (Å²) >= 11 is 0.945. The lowest BCUT2D eigenvalue weighted by atomic mass is 10.1.